The highest BCUT2D eigenvalue weighted by Crippen LogP contribution is 2.21. The van der Waals surface area contributed by atoms with Gasteiger partial charge in [-0.3, -0.25) is 24.0 Å². The van der Waals surface area contributed by atoms with Crippen LogP contribution in [0.1, 0.15) is 45.6 Å². The van der Waals surface area contributed by atoms with Gasteiger partial charge in [-0.25, -0.2) is 0 Å². The van der Waals surface area contributed by atoms with E-state index >= 15 is 0 Å². The van der Waals surface area contributed by atoms with E-state index in [4.69, 9.17) is 0 Å². The van der Waals surface area contributed by atoms with Crippen molar-refractivity contribution in [1.29, 1.82) is 0 Å². The van der Waals surface area contributed by atoms with Gasteiger partial charge in [-0.15, -0.1) is 0 Å². The Morgan fingerprint density at radius 1 is 1.06 bits per heavy atom. The molecule has 2 rings (SSSR count). The van der Waals surface area contributed by atoms with E-state index in [2.05, 4.69) is 21.3 Å². The van der Waals surface area contributed by atoms with E-state index in [1.54, 1.807) is 12.1 Å². The first kappa shape index (κ1) is 28.6. The lowest BCUT2D eigenvalue weighted by Crippen LogP contribution is -2.57. The fourth-order valence-electron chi connectivity index (χ4n) is 4.17. The molecule has 1 aromatic rings. The van der Waals surface area contributed by atoms with Crippen molar-refractivity contribution in [2.45, 2.75) is 64.6 Å². The van der Waals surface area contributed by atoms with E-state index < -0.39 is 29.9 Å². The summed E-state index contributed by atoms with van der Waals surface area (Å²) in [4.78, 5) is 64.1. The number of phenolic OH excluding ortho intramolecular Hbond substituents is 1. The molecule has 0 aromatic heterocycles. The van der Waals surface area contributed by atoms with Crippen LogP contribution in [0.3, 0.4) is 0 Å². The first-order valence-electron chi connectivity index (χ1n) is 12.2. The number of rotatable bonds is 11. The molecule has 0 saturated carbocycles. The number of likely N-dealkylation sites (tertiary alicyclic amines) is 1. The number of hydrogen-bond donors (Lipinski definition) is 5. The molecule has 1 fully saturated rings. The summed E-state index contributed by atoms with van der Waals surface area (Å²) < 4.78 is 0. The maximum atomic E-state index is 13.3. The second kappa shape index (κ2) is 13.5. The molecule has 1 saturated heterocycles. The summed E-state index contributed by atoms with van der Waals surface area (Å²) in [6, 6.07) is 3.70. The van der Waals surface area contributed by atoms with Crippen molar-refractivity contribution in [3.8, 4) is 5.75 Å². The Kier molecular flexibility index (Phi) is 10.7. The average Bonchev–Trinajstić information content (AvgIpc) is 3.31. The molecule has 0 radical (unpaired) electrons. The fraction of sp³-hybridized carbons (Fsp3) is 0.560. The minimum absolute atomic E-state index is 0.0682. The molecule has 0 aliphatic carbocycles. The van der Waals surface area contributed by atoms with E-state index in [0.29, 0.717) is 31.4 Å². The maximum Gasteiger partial charge on any atom is 0.245 e. The van der Waals surface area contributed by atoms with Crippen molar-refractivity contribution >= 4 is 29.5 Å². The van der Waals surface area contributed by atoms with Crippen LogP contribution in [0.4, 0.5) is 0 Å². The Morgan fingerprint density at radius 2 is 1.72 bits per heavy atom. The maximum absolute atomic E-state index is 13.3. The van der Waals surface area contributed by atoms with Crippen molar-refractivity contribution in [3.05, 3.63) is 29.8 Å². The van der Waals surface area contributed by atoms with Gasteiger partial charge in [0.05, 0.1) is 6.54 Å². The lowest BCUT2D eigenvalue weighted by Gasteiger charge is -2.30. The van der Waals surface area contributed by atoms with Gasteiger partial charge in [0.1, 0.15) is 23.9 Å². The Morgan fingerprint density at radius 3 is 2.31 bits per heavy atom. The zero-order chi connectivity index (χ0) is 26.8. The largest absolute Gasteiger partial charge is 0.508 e. The Hall–Kier alpha value is -3.63. The second-order valence-corrected chi connectivity index (χ2v) is 9.40. The van der Waals surface area contributed by atoms with Crippen LogP contribution in [0, 0.1) is 5.92 Å². The summed E-state index contributed by atoms with van der Waals surface area (Å²) in [5, 5.41) is 19.9. The highest BCUT2D eigenvalue weighted by molar-refractivity contribution is 5.95. The molecule has 198 valence electrons. The van der Waals surface area contributed by atoms with Gasteiger partial charge in [0.2, 0.25) is 29.5 Å². The van der Waals surface area contributed by atoms with E-state index in [1.165, 1.54) is 31.0 Å². The first-order chi connectivity index (χ1) is 17.0. The smallest absolute Gasteiger partial charge is 0.245 e. The van der Waals surface area contributed by atoms with Gasteiger partial charge in [0.25, 0.3) is 0 Å². The average molecular weight is 504 g/mol. The second-order valence-electron chi connectivity index (χ2n) is 9.40. The molecular weight excluding hydrogens is 466 g/mol. The number of phenols is 1. The molecular formula is C25H37N5O6. The van der Waals surface area contributed by atoms with Crippen LogP contribution in [-0.2, 0) is 30.4 Å². The number of amides is 5. The minimum atomic E-state index is -1.01. The number of nitrogens with zero attached hydrogens (tertiary/aromatic N) is 1. The van der Waals surface area contributed by atoms with Crippen LogP contribution < -0.4 is 21.3 Å². The van der Waals surface area contributed by atoms with E-state index in [0.717, 1.165) is 0 Å². The van der Waals surface area contributed by atoms with E-state index in [-0.39, 0.29) is 42.4 Å². The van der Waals surface area contributed by atoms with Gasteiger partial charge >= 0.3 is 0 Å². The van der Waals surface area contributed by atoms with Crippen molar-refractivity contribution in [3.63, 3.8) is 0 Å². The number of nitrogens with one attached hydrogen (secondary N) is 4. The summed E-state index contributed by atoms with van der Waals surface area (Å²) in [7, 11) is 1.45. The molecule has 11 nitrogen and oxygen atoms in total. The molecule has 36 heavy (non-hydrogen) atoms. The highest BCUT2D eigenvalue weighted by Gasteiger charge is 2.38. The van der Waals surface area contributed by atoms with Gasteiger partial charge in [-0.2, -0.15) is 0 Å². The lowest BCUT2D eigenvalue weighted by atomic mass is 10.0. The van der Waals surface area contributed by atoms with E-state index in [9.17, 15) is 29.1 Å². The molecule has 0 unspecified atom stereocenters. The number of hydrogen-bond acceptors (Lipinski definition) is 6. The van der Waals surface area contributed by atoms with Crippen LogP contribution in [0.25, 0.3) is 0 Å². The first-order valence-corrected chi connectivity index (χ1v) is 12.2. The Bertz CT molecular complexity index is 949. The van der Waals surface area contributed by atoms with Crippen molar-refractivity contribution in [1.82, 2.24) is 26.2 Å². The van der Waals surface area contributed by atoms with Crippen LogP contribution in [-0.4, -0.2) is 77.8 Å². The summed E-state index contributed by atoms with van der Waals surface area (Å²) >= 11 is 0. The third-order valence-electron chi connectivity index (χ3n) is 5.93. The Labute approximate surface area is 211 Å². The molecule has 1 aliphatic heterocycles. The molecule has 1 heterocycles. The summed E-state index contributed by atoms with van der Waals surface area (Å²) in [5.74, 6) is -1.85. The van der Waals surface area contributed by atoms with Gasteiger partial charge in [-0.05, 0) is 42.9 Å². The van der Waals surface area contributed by atoms with Gasteiger partial charge < -0.3 is 31.3 Å². The van der Waals surface area contributed by atoms with Crippen LogP contribution in [0.5, 0.6) is 5.75 Å². The molecule has 5 amide bonds. The van der Waals surface area contributed by atoms with E-state index in [1.807, 2.05) is 13.8 Å². The predicted octanol–water partition coefficient (Wildman–Crippen LogP) is -0.176. The fourth-order valence-corrected chi connectivity index (χ4v) is 4.17. The van der Waals surface area contributed by atoms with Crippen molar-refractivity contribution in [2.75, 3.05) is 20.1 Å². The summed E-state index contributed by atoms with van der Waals surface area (Å²) in [5.41, 5.74) is 0.690. The number of carbonyl (C=O) groups excluding carboxylic acids is 5. The number of carbonyl (C=O) groups is 5. The normalized spacial score (nSPS) is 16.7. The van der Waals surface area contributed by atoms with Crippen molar-refractivity contribution < 1.29 is 29.1 Å². The van der Waals surface area contributed by atoms with Gasteiger partial charge in [0, 0.05) is 26.9 Å². The molecule has 0 bridgehead atoms. The summed E-state index contributed by atoms with van der Waals surface area (Å²) in [6.45, 7) is 5.36. The standard InChI is InChI=1S/C25H37N5O6/c1-15(2)12-20(28-16(3)31)25(36)30-11-5-6-21(30)24(35)29-19(23(34)27-14-22(33)26-4)13-17-7-9-18(32)10-8-17/h7-10,15,19-21,32H,5-6,11-14H2,1-4H3,(H,26,33)(H,27,34)(H,28,31)(H,29,35)/t19-,20-,21-/m0/s1. The monoisotopic (exact) mass is 503 g/mol. The van der Waals surface area contributed by atoms with Crippen LogP contribution >= 0.6 is 0 Å². The minimum Gasteiger partial charge on any atom is -0.508 e. The number of likely N-dealkylation sites (N-methyl/N-ethyl adjacent to an activating group) is 1. The highest BCUT2D eigenvalue weighted by atomic mass is 16.3. The summed E-state index contributed by atoms with van der Waals surface area (Å²) in [6.07, 6.45) is 1.60. The number of benzene rings is 1. The zero-order valence-electron chi connectivity index (χ0n) is 21.3. The zero-order valence-corrected chi connectivity index (χ0v) is 21.3. The van der Waals surface area contributed by atoms with Gasteiger partial charge in [0.15, 0.2) is 0 Å². The predicted molar refractivity (Wildman–Crippen MR) is 133 cm³/mol. The quantitative estimate of drug-likeness (QED) is 0.282. The van der Waals surface area contributed by atoms with Crippen LogP contribution in [0.2, 0.25) is 0 Å². The molecule has 1 aliphatic rings. The lowest BCUT2D eigenvalue weighted by molar-refractivity contribution is -0.142. The third-order valence-corrected chi connectivity index (χ3v) is 5.93. The van der Waals surface area contributed by atoms with Crippen molar-refractivity contribution in [2.24, 2.45) is 5.92 Å². The molecule has 5 N–H and O–H groups in total. The molecule has 1 aromatic carbocycles. The molecule has 0 spiro atoms. The Balaban J connectivity index is 2.18. The number of aromatic hydroxyl groups is 1. The third kappa shape index (κ3) is 8.54. The molecule has 3 atom stereocenters. The SMILES string of the molecule is CNC(=O)CNC(=O)[C@H](Cc1ccc(O)cc1)NC(=O)[C@@H]1CCCN1C(=O)[C@H](CC(C)C)NC(C)=O. The van der Waals surface area contributed by atoms with Gasteiger partial charge in [-0.1, -0.05) is 26.0 Å². The van der Waals surface area contributed by atoms with Crippen LogP contribution in [0.15, 0.2) is 24.3 Å². The topological polar surface area (TPSA) is 157 Å². The molecule has 11 heteroatoms.